The molecule has 4 N–H and O–H groups in total. The SMILES string of the molecule is Nc1cc([C@@H](CC(=O)O)C(=O)O)ccc1C1CCCCC1. The van der Waals surface area contributed by atoms with Crippen molar-refractivity contribution in [3.63, 3.8) is 0 Å². The minimum Gasteiger partial charge on any atom is -0.481 e. The first-order chi connectivity index (χ1) is 9.99. The first kappa shape index (κ1) is 15.4. The van der Waals surface area contributed by atoms with Gasteiger partial charge in [0.15, 0.2) is 0 Å². The molecule has 0 amide bonds. The van der Waals surface area contributed by atoms with Crippen molar-refractivity contribution in [1.29, 1.82) is 0 Å². The maximum absolute atomic E-state index is 11.2. The number of aliphatic carboxylic acids is 2. The van der Waals surface area contributed by atoms with E-state index in [1.54, 1.807) is 12.1 Å². The summed E-state index contributed by atoms with van der Waals surface area (Å²) < 4.78 is 0. The number of nitrogens with two attached hydrogens (primary N) is 1. The highest BCUT2D eigenvalue weighted by Crippen LogP contribution is 2.36. The fraction of sp³-hybridized carbons (Fsp3) is 0.500. The van der Waals surface area contributed by atoms with E-state index in [1.807, 2.05) is 6.07 Å². The Bertz CT molecular complexity index is 535. The summed E-state index contributed by atoms with van der Waals surface area (Å²) in [7, 11) is 0. The van der Waals surface area contributed by atoms with Crippen LogP contribution in [0.2, 0.25) is 0 Å². The van der Waals surface area contributed by atoms with E-state index in [1.165, 1.54) is 19.3 Å². The monoisotopic (exact) mass is 291 g/mol. The van der Waals surface area contributed by atoms with E-state index < -0.39 is 24.3 Å². The van der Waals surface area contributed by atoms with Crippen LogP contribution in [0.15, 0.2) is 18.2 Å². The number of rotatable bonds is 5. The summed E-state index contributed by atoms with van der Waals surface area (Å²) in [5.41, 5.74) is 8.19. The topological polar surface area (TPSA) is 101 Å². The molecule has 0 heterocycles. The Morgan fingerprint density at radius 1 is 1.19 bits per heavy atom. The summed E-state index contributed by atoms with van der Waals surface area (Å²) in [5, 5.41) is 18.0. The minimum atomic E-state index is -1.14. The van der Waals surface area contributed by atoms with Gasteiger partial charge in [-0.25, -0.2) is 0 Å². The van der Waals surface area contributed by atoms with Gasteiger partial charge in [-0.3, -0.25) is 9.59 Å². The van der Waals surface area contributed by atoms with Crippen LogP contribution in [0.5, 0.6) is 0 Å². The lowest BCUT2D eigenvalue weighted by molar-refractivity contribution is -0.145. The van der Waals surface area contributed by atoms with Gasteiger partial charge in [-0.2, -0.15) is 0 Å². The molecule has 2 rings (SSSR count). The first-order valence-electron chi connectivity index (χ1n) is 7.33. The van der Waals surface area contributed by atoms with E-state index >= 15 is 0 Å². The van der Waals surface area contributed by atoms with Crippen molar-refractivity contribution < 1.29 is 19.8 Å². The zero-order valence-corrected chi connectivity index (χ0v) is 11.9. The lowest BCUT2D eigenvalue weighted by Crippen LogP contribution is -2.16. The van der Waals surface area contributed by atoms with Crippen molar-refractivity contribution >= 4 is 17.6 Å². The van der Waals surface area contributed by atoms with Gasteiger partial charge in [0, 0.05) is 5.69 Å². The van der Waals surface area contributed by atoms with Crippen LogP contribution in [0.25, 0.3) is 0 Å². The van der Waals surface area contributed by atoms with Crippen LogP contribution in [0.1, 0.15) is 61.5 Å². The van der Waals surface area contributed by atoms with Gasteiger partial charge in [0.05, 0.1) is 12.3 Å². The normalized spacial score (nSPS) is 17.3. The molecule has 1 aliphatic rings. The van der Waals surface area contributed by atoms with Gasteiger partial charge in [0.2, 0.25) is 0 Å². The van der Waals surface area contributed by atoms with E-state index in [9.17, 15) is 14.7 Å². The highest BCUT2D eigenvalue weighted by molar-refractivity contribution is 5.82. The second-order valence-corrected chi connectivity index (χ2v) is 5.71. The number of hydrogen-bond acceptors (Lipinski definition) is 3. The smallest absolute Gasteiger partial charge is 0.311 e. The van der Waals surface area contributed by atoms with E-state index in [0.717, 1.165) is 18.4 Å². The fourth-order valence-electron chi connectivity index (χ4n) is 3.12. The molecule has 21 heavy (non-hydrogen) atoms. The number of hydrogen-bond donors (Lipinski definition) is 3. The van der Waals surface area contributed by atoms with Crippen LogP contribution in [0.3, 0.4) is 0 Å². The van der Waals surface area contributed by atoms with Crippen molar-refractivity contribution in [3.05, 3.63) is 29.3 Å². The summed E-state index contributed by atoms with van der Waals surface area (Å²) in [6.07, 6.45) is 5.44. The molecule has 1 aromatic rings. The molecule has 0 unspecified atom stereocenters. The third-order valence-electron chi connectivity index (χ3n) is 4.24. The van der Waals surface area contributed by atoms with Crippen LogP contribution >= 0.6 is 0 Å². The Morgan fingerprint density at radius 3 is 2.38 bits per heavy atom. The molecule has 0 aliphatic heterocycles. The predicted molar refractivity (Wildman–Crippen MR) is 79.3 cm³/mol. The van der Waals surface area contributed by atoms with Crippen LogP contribution in [-0.2, 0) is 9.59 Å². The van der Waals surface area contributed by atoms with Gasteiger partial charge in [0.25, 0.3) is 0 Å². The van der Waals surface area contributed by atoms with Gasteiger partial charge in [-0.05, 0) is 36.0 Å². The molecule has 5 heteroatoms. The lowest BCUT2D eigenvalue weighted by atomic mass is 9.82. The highest BCUT2D eigenvalue weighted by atomic mass is 16.4. The molecule has 0 radical (unpaired) electrons. The number of carboxylic acid groups (broad SMARTS) is 2. The van der Waals surface area contributed by atoms with Gasteiger partial charge in [0.1, 0.15) is 0 Å². The second-order valence-electron chi connectivity index (χ2n) is 5.71. The number of carboxylic acids is 2. The molecule has 1 aliphatic carbocycles. The van der Waals surface area contributed by atoms with Gasteiger partial charge >= 0.3 is 11.9 Å². The third kappa shape index (κ3) is 3.74. The van der Waals surface area contributed by atoms with Crippen molar-refractivity contribution in [1.82, 2.24) is 0 Å². The fourth-order valence-corrected chi connectivity index (χ4v) is 3.12. The van der Waals surface area contributed by atoms with E-state index in [4.69, 9.17) is 10.8 Å². The number of anilines is 1. The predicted octanol–water partition coefficient (Wildman–Crippen LogP) is 2.96. The number of nitrogen functional groups attached to an aromatic ring is 1. The van der Waals surface area contributed by atoms with E-state index in [-0.39, 0.29) is 0 Å². The minimum absolute atomic E-state index is 0.433. The zero-order valence-electron chi connectivity index (χ0n) is 11.9. The van der Waals surface area contributed by atoms with Gasteiger partial charge in [-0.15, -0.1) is 0 Å². The van der Waals surface area contributed by atoms with Crippen LogP contribution in [0.4, 0.5) is 5.69 Å². The summed E-state index contributed by atoms with van der Waals surface area (Å²) in [6.45, 7) is 0. The van der Waals surface area contributed by atoms with E-state index in [0.29, 0.717) is 17.2 Å². The Balaban J connectivity index is 2.24. The van der Waals surface area contributed by atoms with Crippen molar-refractivity contribution in [2.24, 2.45) is 0 Å². The molecule has 1 aromatic carbocycles. The van der Waals surface area contributed by atoms with Gasteiger partial charge in [-0.1, -0.05) is 31.4 Å². The summed E-state index contributed by atoms with van der Waals surface area (Å²) in [6, 6.07) is 5.21. The van der Waals surface area contributed by atoms with Crippen LogP contribution in [-0.4, -0.2) is 22.2 Å². The molecular formula is C16H21NO4. The Labute approximate surface area is 123 Å². The standard InChI is InChI=1S/C16H21NO4/c17-14-8-11(13(16(20)21)9-15(18)19)6-7-12(14)10-4-2-1-3-5-10/h6-8,10,13H,1-5,9,17H2,(H,18,19)(H,20,21)/t13-/m1/s1. The Morgan fingerprint density at radius 2 is 1.86 bits per heavy atom. The molecule has 1 atom stereocenters. The second kappa shape index (κ2) is 6.61. The maximum atomic E-state index is 11.2. The van der Waals surface area contributed by atoms with Crippen molar-refractivity contribution in [3.8, 4) is 0 Å². The zero-order chi connectivity index (χ0) is 15.4. The molecule has 114 valence electrons. The quantitative estimate of drug-likeness (QED) is 0.724. The van der Waals surface area contributed by atoms with Crippen molar-refractivity contribution in [2.45, 2.75) is 50.4 Å². The molecule has 1 fully saturated rings. The third-order valence-corrected chi connectivity index (χ3v) is 4.24. The molecule has 0 saturated heterocycles. The molecule has 0 aromatic heterocycles. The number of carbonyl (C=O) groups is 2. The van der Waals surface area contributed by atoms with Crippen molar-refractivity contribution in [2.75, 3.05) is 5.73 Å². The van der Waals surface area contributed by atoms with Crippen LogP contribution < -0.4 is 5.73 Å². The Hall–Kier alpha value is -2.04. The molecule has 0 bridgehead atoms. The summed E-state index contributed by atoms with van der Waals surface area (Å²) >= 11 is 0. The molecule has 5 nitrogen and oxygen atoms in total. The lowest BCUT2D eigenvalue weighted by Gasteiger charge is -2.24. The summed E-state index contributed by atoms with van der Waals surface area (Å²) in [5.74, 6) is -2.87. The van der Waals surface area contributed by atoms with Gasteiger partial charge < -0.3 is 15.9 Å². The average Bonchev–Trinajstić information content (AvgIpc) is 2.45. The maximum Gasteiger partial charge on any atom is 0.311 e. The van der Waals surface area contributed by atoms with E-state index in [2.05, 4.69) is 0 Å². The van der Waals surface area contributed by atoms with Crippen LogP contribution in [0, 0.1) is 0 Å². The largest absolute Gasteiger partial charge is 0.481 e. The number of benzene rings is 1. The molecule has 0 spiro atoms. The Kier molecular flexibility index (Phi) is 4.83. The highest BCUT2D eigenvalue weighted by Gasteiger charge is 2.25. The molecule has 1 saturated carbocycles. The average molecular weight is 291 g/mol. The molecular weight excluding hydrogens is 270 g/mol. The summed E-state index contributed by atoms with van der Waals surface area (Å²) in [4.78, 5) is 22.0. The first-order valence-corrected chi connectivity index (χ1v) is 7.33.